The minimum absolute atomic E-state index is 0.137. The van der Waals surface area contributed by atoms with Crippen LogP contribution in [-0.2, 0) is 4.79 Å². The van der Waals surface area contributed by atoms with Crippen LogP contribution in [0.1, 0.15) is 11.1 Å². The first-order valence-electron chi connectivity index (χ1n) is 6.09. The van der Waals surface area contributed by atoms with Gasteiger partial charge >= 0.3 is 0 Å². The molecule has 1 N–H and O–H groups in total. The predicted molar refractivity (Wildman–Crippen MR) is 80.7 cm³/mol. The summed E-state index contributed by atoms with van der Waals surface area (Å²) in [6.45, 7) is 2.02. The molecule has 1 saturated heterocycles. The van der Waals surface area contributed by atoms with Gasteiger partial charge in [-0.3, -0.25) is 4.79 Å². The van der Waals surface area contributed by atoms with Gasteiger partial charge in [-0.2, -0.15) is 0 Å². The molecule has 20 heavy (non-hydrogen) atoms. The molecular formula is C15H12N2O2S. The van der Waals surface area contributed by atoms with Crippen molar-refractivity contribution in [1.82, 2.24) is 5.32 Å². The van der Waals surface area contributed by atoms with E-state index in [1.807, 2.05) is 31.2 Å². The van der Waals surface area contributed by atoms with E-state index in [0.29, 0.717) is 10.1 Å². The highest BCUT2D eigenvalue weighted by atomic mass is 32.2. The second-order valence-electron chi connectivity index (χ2n) is 4.37. The number of hydrogen-bond donors (Lipinski definition) is 1. The molecule has 0 radical (unpaired) electrons. The van der Waals surface area contributed by atoms with Crippen molar-refractivity contribution in [2.45, 2.75) is 6.92 Å². The molecule has 3 rings (SSSR count). The number of benzene rings is 1. The summed E-state index contributed by atoms with van der Waals surface area (Å²) >= 11 is 1.32. The molecule has 2 heterocycles. The maximum absolute atomic E-state index is 11.8. The van der Waals surface area contributed by atoms with Crippen LogP contribution in [0, 0.1) is 6.92 Å². The number of nitrogens with zero attached hydrogens (tertiary/aromatic N) is 1. The van der Waals surface area contributed by atoms with E-state index >= 15 is 0 Å². The second-order valence-corrected chi connectivity index (χ2v) is 5.40. The highest BCUT2D eigenvalue weighted by Crippen LogP contribution is 2.28. The SMILES string of the molecule is Cc1ccc(N=C2NC(=O)/C(=C\c3ccoc3)S2)cc1. The normalized spacial score (nSPS) is 18.8. The van der Waals surface area contributed by atoms with Crippen LogP contribution in [-0.4, -0.2) is 11.1 Å². The summed E-state index contributed by atoms with van der Waals surface area (Å²) in [5, 5.41) is 3.35. The van der Waals surface area contributed by atoms with E-state index in [-0.39, 0.29) is 5.91 Å². The maximum atomic E-state index is 11.8. The third-order valence-corrected chi connectivity index (χ3v) is 3.67. The summed E-state index contributed by atoms with van der Waals surface area (Å²) in [6, 6.07) is 9.63. The molecule has 0 unspecified atom stereocenters. The van der Waals surface area contributed by atoms with Gasteiger partial charge in [0.2, 0.25) is 0 Å². The Morgan fingerprint density at radius 3 is 2.75 bits per heavy atom. The zero-order valence-electron chi connectivity index (χ0n) is 10.8. The number of hydrogen-bond acceptors (Lipinski definition) is 4. The van der Waals surface area contributed by atoms with Crippen LogP contribution in [0.4, 0.5) is 5.69 Å². The first-order valence-corrected chi connectivity index (χ1v) is 6.91. The van der Waals surface area contributed by atoms with Gasteiger partial charge in [-0.05, 0) is 43.0 Å². The number of aryl methyl sites for hydroxylation is 1. The largest absolute Gasteiger partial charge is 0.472 e. The number of thioether (sulfide) groups is 1. The molecule has 1 aromatic carbocycles. The number of carbonyl (C=O) groups is 1. The number of aliphatic imine (C=N–C) groups is 1. The van der Waals surface area contributed by atoms with Gasteiger partial charge in [0.25, 0.3) is 5.91 Å². The van der Waals surface area contributed by atoms with Gasteiger partial charge in [-0.25, -0.2) is 4.99 Å². The van der Waals surface area contributed by atoms with Gasteiger partial charge in [-0.15, -0.1) is 0 Å². The van der Waals surface area contributed by atoms with E-state index in [2.05, 4.69) is 10.3 Å². The molecule has 5 heteroatoms. The summed E-state index contributed by atoms with van der Waals surface area (Å²) in [4.78, 5) is 16.9. The van der Waals surface area contributed by atoms with E-state index in [9.17, 15) is 4.79 Å². The van der Waals surface area contributed by atoms with Crippen molar-refractivity contribution in [3.63, 3.8) is 0 Å². The molecule has 1 aliphatic heterocycles. The van der Waals surface area contributed by atoms with Crippen LogP contribution in [0.5, 0.6) is 0 Å². The Hall–Kier alpha value is -2.27. The molecule has 0 saturated carbocycles. The Morgan fingerprint density at radius 2 is 2.05 bits per heavy atom. The van der Waals surface area contributed by atoms with Gasteiger partial charge in [0.05, 0.1) is 23.1 Å². The predicted octanol–water partition coefficient (Wildman–Crippen LogP) is 3.48. The monoisotopic (exact) mass is 284 g/mol. The fourth-order valence-electron chi connectivity index (χ4n) is 1.73. The smallest absolute Gasteiger partial charge is 0.264 e. The fraction of sp³-hybridized carbons (Fsp3) is 0.0667. The first kappa shape index (κ1) is 12.7. The van der Waals surface area contributed by atoms with E-state index < -0.39 is 0 Å². The zero-order chi connectivity index (χ0) is 13.9. The average molecular weight is 284 g/mol. The summed E-state index contributed by atoms with van der Waals surface area (Å²) in [6.07, 6.45) is 4.95. The number of amides is 1. The molecule has 1 aliphatic rings. The lowest BCUT2D eigenvalue weighted by atomic mass is 10.2. The highest BCUT2D eigenvalue weighted by molar-refractivity contribution is 8.18. The first-order chi connectivity index (χ1) is 9.70. The zero-order valence-corrected chi connectivity index (χ0v) is 11.6. The van der Waals surface area contributed by atoms with Crippen molar-refractivity contribution in [2.24, 2.45) is 4.99 Å². The molecule has 0 bridgehead atoms. The molecule has 0 aliphatic carbocycles. The molecule has 0 atom stereocenters. The molecule has 0 spiro atoms. The van der Waals surface area contributed by atoms with Gasteiger partial charge < -0.3 is 9.73 Å². The van der Waals surface area contributed by atoms with E-state index in [1.165, 1.54) is 17.3 Å². The van der Waals surface area contributed by atoms with Crippen LogP contribution in [0.25, 0.3) is 6.08 Å². The molecule has 1 amide bonds. The van der Waals surface area contributed by atoms with Crippen molar-refractivity contribution < 1.29 is 9.21 Å². The van der Waals surface area contributed by atoms with Crippen LogP contribution < -0.4 is 5.32 Å². The summed E-state index contributed by atoms with van der Waals surface area (Å²) in [5.74, 6) is -0.137. The van der Waals surface area contributed by atoms with Crippen LogP contribution in [0.3, 0.4) is 0 Å². The Balaban J connectivity index is 1.81. The Morgan fingerprint density at radius 1 is 1.25 bits per heavy atom. The third kappa shape index (κ3) is 2.83. The van der Waals surface area contributed by atoms with Crippen molar-refractivity contribution >= 4 is 34.6 Å². The van der Waals surface area contributed by atoms with Gasteiger partial charge in [0.15, 0.2) is 5.17 Å². The topological polar surface area (TPSA) is 54.6 Å². The third-order valence-electron chi connectivity index (χ3n) is 2.76. The Labute approximate surface area is 120 Å². The number of rotatable bonds is 2. The van der Waals surface area contributed by atoms with E-state index in [0.717, 1.165) is 11.3 Å². The van der Waals surface area contributed by atoms with Gasteiger partial charge in [-0.1, -0.05) is 17.7 Å². The van der Waals surface area contributed by atoms with Gasteiger partial charge in [0, 0.05) is 5.56 Å². The lowest BCUT2D eigenvalue weighted by Crippen LogP contribution is -2.19. The molecule has 1 aromatic heterocycles. The van der Waals surface area contributed by atoms with Crippen LogP contribution in [0.2, 0.25) is 0 Å². The quantitative estimate of drug-likeness (QED) is 0.859. The molecule has 2 aromatic rings. The average Bonchev–Trinajstić information content (AvgIpc) is 3.04. The molecular weight excluding hydrogens is 272 g/mol. The van der Waals surface area contributed by atoms with Crippen LogP contribution in [0.15, 0.2) is 57.2 Å². The van der Waals surface area contributed by atoms with Crippen molar-refractivity contribution in [3.8, 4) is 0 Å². The summed E-state index contributed by atoms with van der Waals surface area (Å²) in [5.41, 5.74) is 2.86. The van der Waals surface area contributed by atoms with E-state index in [1.54, 1.807) is 24.7 Å². The standard InChI is InChI=1S/C15H12N2O2S/c1-10-2-4-12(5-3-10)16-15-17-14(18)13(20-15)8-11-6-7-19-9-11/h2-9H,1H3,(H,16,17,18)/b13-8+. The lowest BCUT2D eigenvalue weighted by molar-refractivity contribution is -0.115. The number of furan rings is 1. The second kappa shape index (κ2) is 5.38. The lowest BCUT2D eigenvalue weighted by Gasteiger charge is -1.96. The molecule has 1 fully saturated rings. The number of amidine groups is 1. The van der Waals surface area contributed by atoms with Crippen LogP contribution >= 0.6 is 11.8 Å². The fourth-order valence-corrected chi connectivity index (χ4v) is 2.57. The highest BCUT2D eigenvalue weighted by Gasteiger charge is 2.23. The summed E-state index contributed by atoms with van der Waals surface area (Å²) in [7, 11) is 0. The van der Waals surface area contributed by atoms with Gasteiger partial charge in [0.1, 0.15) is 0 Å². The minimum Gasteiger partial charge on any atom is -0.472 e. The maximum Gasteiger partial charge on any atom is 0.264 e. The molecule has 4 nitrogen and oxygen atoms in total. The van der Waals surface area contributed by atoms with Crippen molar-refractivity contribution in [3.05, 3.63) is 58.9 Å². The molecule has 100 valence electrons. The van der Waals surface area contributed by atoms with Crippen molar-refractivity contribution in [1.29, 1.82) is 0 Å². The number of carbonyl (C=O) groups excluding carboxylic acids is 1. The minimum atomic E-state index is -0.137. The Kier molecular flexibility index (Phi) is 3.43. The van der Waals surface area contributed by atoms with Crippen molar-refractivity contribution in [2.75, 3.05) is 0 Å². The summed E-state index contributed by atoms with van der Waals surface area (Å²) < 4.78 is 4.98. The van der Waals surface area contributed by atoms with E-state index in [4.69, 9.17) is 4.42 Å². The Bertz CT molecular complexity index is 685. The number of nitrogens with one attached hydrogen (secondary N) is 1.